The molecule has 1 atom stereocenters. The summed E-state index contributed by atoms with van der Waals surface area (Å²) < 4.78 is 18.6. The van der Waals surface area contributed by atoms with E-state index in [9.17, 15) is 4.39 Å². The zero-order chi connectivity index (χ0) is 13.7. The second-order valence-corrected chi connectivity index (χ2v) is 5.65. The molecule has 1 unspecified atom stereocenters. The van der Waals surface area contributed by atoms with Crippen molar-refractivity contribution in [1.82, 2.24) is 5.32 Å². The lowest BCUT2D eigenvalue weighted by atomic mass is 10.3. The van der Waals surface area contributed by atoms with Crippen LogP contribution in [0.2, 0.25) is 5.02 Å². The Morgan fingerprint density at radius 1 is 1.42 bits per heavy atom. The molecule has 1 aromatic heterocycles. The summed E-state index contributed by atoms with van der Waals surface area (Å²) in [6.45, 7) is 3.47. The molecule has 1 heterocycles. The largest absolute Gasteiger partial charge is 0.488 e. The smallest absolute Gasteiger partial charge is 0.138 e. The molecule has 0 radical (unpaired) electrons. The van der Waals surface area contributed by atoms with Crippen molar-refractivity contribution in [1.29, 1.82) is 0 Å². The number of benzene rings is 1. The lowest BCUT2D eigenvalue weighted by Crippen LogP contribution is -2.28. The van der Waals surface area contributed by atoms with E-state index in [-0.39, 0.29) is 11.9 Å². The van der Waals surface area contributed by atoms with Gasteiger partial charge in [0.05, 0.1) is 5.02 Å². The van der Waals surface area contributed by atoms with Crippen molar-refractivity contribution in [2.45, 2.75) is 19.6 Å². The van der Waals surface area contributed by atoms with E-state index >= 15 is 0 Å². The monoisotopic (exact) mass is 299 g/mol. The van der Waals surface area contributed by atoms with Crippen LogP contribution in [0.5, 0.6) is 5.75 Å². The van der Waals surface area contributed by atoms with Crippen LogP contribution in [0.1, 0.15) is 11.8 Å². The highest BCUT2D eigenvalue weighted by Crippen LogP contribution is 2.25. The quantitative estimate of drug-likeness (QED) is 0.867. The molecule has 0 aliphatic carbocycles. The van der Waals surface area contributed by atoms with Crippen molar-refractivity contribution in [3.63, 3.8) is 0 Å². The Kier molecular flexibility index (Phi) is 5.19. The van der Waals surface area contributed by atoms with E-state index in [1.165, 1.54) is 17.0 Å². The number of nitrogens with one attached hydrogen (secondary N) is 1. The molecule has 0 saturated carbocycles. The van der Waals surface area contributed by atoms with Gasteiger partial charge in [-0.15, -0.1) is 11.3 Å². The molecular formula is C14H15ClFNOS. The number of hydrogen-bond acceptors (Lipinski definition) is 3. The van der Waals surface area contributed by atoms with Crippen LogP contribution < -0.4 is 10.1 Å². The molecule has 0 saturated heterocycles. The molecule has 102 valence electrons. The van der Waals surface area contributed by atoms with Gasteiger partial charge in [-0.2, -0.15) is 0 Å². The average molecular weight is 300 g/mol. The molecule has 2 aromatic rings. The first kappa shape index (κ1) is 14.3. The Morgan fingerprint density at radius 3 is 2.95 bits per heavy atom. The topological polar surface area (TPSA) is 21.3 Å². The second kappa shape index (κ2) is 6.89. The number of thiophene rings is 1. The van der Waals surface area contributed by atoms with Crippen LogP contribution >= 0.6 is 22.9 Å². The van der Waals surface area contributed by atoms with E-state index < -0.39 is 0 Å². The minimum Gasteiger partial charge on any atom is -0.488 e. The zero-order valence-electron chi connectivity index (χ0n) is 10.5. The summed E-state index contributed by atoms with van der Waals surface area (Å²) in [5, 5.41) is 5.65. The first-order chi connectivity index (χ1) is 9.15. The molecule has 2 rings (SSSR count). The Morgan fingerprint density at radius 2 is 2.26 bits per heavy atom. The van der Waals surface area contributed by atoms with Crippen LogP contribution in [0.3, 0.4) is 0 Å². The normalized spacial score (nSPS) is 12.4. The van der Waals surface area contributed by atoms with Gasteiger partial charge in [0.15, 0.2) is 0 Å². The van der Waals surface area contributed by atoms with Crippen molar-refractivity contribution in [2.24, 2.45) is 0 Å². The zero-order valence-corrected chi connectivity index (χ0v) is 12.1. The van der Waals surface area contributed by atoms with E-state index in [2.05, 4.69) is 16.8 Å². The Bertz CT molecular complexity index is 518. The predicted octanol–water partition coefficient (Wildman–Crippen LogP) is 4.10. The maximum atomic E-state index is 12.9. The summed E-state index contributed by atoms with van der Waals surface area (Å²) in [6, 6.07) is 8.25. The molecule has 0 spiro atoms. The molecule has 0 aliphatic rings. The third-order valence-electron chi connectivity index (χ3n) is 2.53. The van der Waals surface area contributed by atoms with Crippen molar-refractivity contribution < 1.29 is 9.13 Å². The van der Waals surface area contributed by atoms with Gasteiger partial charge in [0.25, 0.3) is 0 Å². The number of rotatable bonds is 6. The van der Waals surface area contributed by atoms with Crippen LogP contribution in [-0.2, 0) is 6.54 Å². The summed E-state index contributed by atoms with van der Waals surface area (Å²) in [6.07, 6.45) is -0.0390. The van der Waals surface area contributed by atoms with Gasteiger partial charge in [-0.3, -0.25) is 0 Å². The molecule has 0 aliphatic heterocycles. The maximum Gasteiger partial charge on any atom is 0.138 e. The fourth-order valence-corrected chi connectivity index (χ4v) is 2.53. The first-order valence-electron chi connectivity index (χ1n) is 6.00. The van der Waals surface area contributed by atoms with Crippen molar-refractivity contribution in [3.8, 4) is 5.75 Å². The Labute approximate surface area is 121 Å². The predicted molar refractivity (Wildman–Crippen MR) is 77.5 cm³/mol. The molecule has 1 N–H and O–H groups in total. The minimum atomic E-state index is -0.360. The first-order valence-corrected chi connectivity index (χ1v) is 7.25. The van der Waals surface area contributed by atoms with Gasteiger partial charge >= 0.3 is 0 Å². The lowest BCUT2D eigenvalue weighted by molar-refractivity contribution is 0.217. The van der Waals surface area contributed by atoms with Gasteiger partial charge in [0, 0.05) is 18.0 Å². The molecule has 0 amide bonds. The van der Waals surface area contributed by atoms with Crippen molar-refractivity contribution >= 4 is 22.9 Å². The van der Waals surface area contributed by atoms with Gasteiger partial charge in [-0.1, -0.05) is 17.7 Å². The third-order valence-corrected chi connectivity index (χ3v) is 3.70. The molecule has 1 aromatic carbocycles. The van der Waals surface area contributed by atoms with Crippen LogP contribution in [0.25, 0.3) is 0 Å². The summed E-state index contributed by atoms with van der Waals surface area (Å²) >= 11 is 7.62. The maximum absolute atomic E-state index is 12.9. The van der Waals surface area contributed by atoms with E-state index in [1.54, 1.807) is 17.4 Å². The molecule has 19 heavy (non-hydrogen) atoms. The standard InChI is InChI=1S/C14H15ClFNOS/c1-10(8-17-9-12-3-2-6-19-12)18-14-5-4-11(16)7-13(14)15/h2-7,10,17H,8-9H2,1H3. The van der Waals surface area contributed by atoms with E-state index in [1.807, 2.05) is 13.0 Å². The third kappa shape index (κ3) is 4.49. The van der Waals surface area contributed by atoms with E-state index in [0.717, 1.165) is 6.54 Å². The second-order valence-electron chi connectivity index (χ2n) is 4.21. The molecule has 0 fully saturated rings. The molecule has 0 bridgehead atoms. The van der Waals surface area contributed by atoms with Crippen molar-refractivity contribution in [3.05, 3.63) is 51.4 Å². The van der Waals surface area contributed by atoms with Crippen molar-refractivity contribution in [2.75, 3.05) is 6.54 Å². The highest BCUT2D eigenvalue weighted by molar-refractivity contribution is 7.09. The van der Waals surface area contributed by atoms with E-state index in [0.29, 0.717) is 17.3 Å². The van der Waals surface area contributed by atoms with Crippen LogP contribution in [0.4, 0.5) is 4.39 Å². The van der Waals surface area contributed by atoms with Gasteiger partial charge < -0.3 is 10.1 Å². The Hall–Kier alpha value is -1.10. The van der Waals surface area contributed by atoms with Crippen LogP contribution in [0, 0.1) is 5.82 Å². The molecular weight excluding hydrogens is 285 g/mol. The summed E-state index contributed by atoms with van der Waals surface area (Å²) in [4.78, 5) is 1.28. The van der Waals surface area contributed by atoms with Gasteiger partial charge in [0.1, 0.15) is 17.7 Å². The van der Waals surface area contributed by atoms with Crippen LogP contribution in [0.15, 0.2) is 35.7 Å². The minimum absolute atomic E-state index is 0.0390. The highest BCUT2D eigenvalue weighted by Gasteiger charge is 2.08. The fraction of sp³-hybridized carbons (Fsp3) is 0.286. The Balaban J connectivity index is 1.79. The SMILES string of the molecule is CC(CNCc1cccs1)Oc1ccc(F)cc1Cl. The van der Waals surface area contributed by atoms with Gasteiger partial charge in [-0.25, -0.2) is 4.39 Å². The number of ether oxygens (including phenoxy) is 1. The number of halogens is 2. The summed E-state index contributed by atoms with van der Waals surface area (Å²) in [5.74, 6) is 0.148. The summed E-state index contributed by atoms with van der Waals surface area (Å²) in [7, 11) is 0. The van der Waals surface area contributed by atoms with E-state index in [4.69, 9.17) is 16.3 Å². The number of hydrogen-bond donors (Lipinski definition) is 1. The molecule has 5 heteroatoms. The van der Waals surface area contributed by atoms with Gasteiger partial charge in [0.2, 0.25) is 0 Å². The van der Waals surface area contributed by atoms with Gasteiger partial charge in [-0.05, 0) is 36.6 Å². The highest BCUT2D eigenvalue weighted by atomic mass is 35.5. The molecule has 2 nitrogen and oxygen atoms in total. The summed E-state index contributed by atoms with van der Waals surface area (Å²) in [5.41, 5.74) is 0. The lowest BCUT2D eigenvalue weighted by Gasteiger charge is -2.16. The fourth-order valence-electron chi connectivity index (χ4n) is 1.64. The average Bonchev–Trinajstić information content (AvgIpc) is 2.86. The van der Waals surface area contributed by atoms with Crippen LogP contribution in [-0.4, -0.2) is 12.6 Å².